The SMILES string of the molecule is CNC(=O)c1ccc(NC(CN)C2CC2)nn1. The largest absolute Gasteiger partial charge is 0.364 e. The molecule has 1 aliphatic carbocycles. The number of aromatic nitrogens is 2. The van der Waals surface area contributed by atoms with Crippen molar-refractivity contribution >= 4 is 11.7 Å². The first kappa shape index (κ1) is 11.8. The van der Waals surface area contributed by atoms with E-state index in [1.54, 1.807) is 19.2 Å². The van der Waals surface area contributed by atoms with Gasteiger partial charge in [0.2, 0.25) is 0 Å². The van der Waals surface area contributed by atoms with Gasteiger partial charge in [0.05, 0.1) is 0 Å². The summed E-state index contributed by atoms with van der Waals surface area (Å²) in [5, 5.41) is 13.6. The van der Waals surface area contributed by atoms with Crippen molar-refractivity contribution in [2.45, 2.75) is 18.9 Å². The van der Waals surface area contributed by atoms with E-state index in [0.717, 1.165) is 0 Å². The Morgan fingerprint density at radius 2 is 2.29 bits per heavy atom. The monoisotopic (exact) mass is 235 g/mol. The molecule has 2 rings (SSSR count). The van der Waals surface area contributed by atoms with Gasteiger partial charge in [-0.2, -0.15) is 0 Å². The number of carbonyl (C=O) groups is 1. The van der Waals surface area contributed by atoms with Crippen LogP contribution in [0.3, 0.4) is 0 Å². The lowest BCUT2D eigenvalue weighted by Gasteiger charge is -2.15. The Hall–Kier alpha value is -1.69. The van der Waals surface area contributed by atoms with Crippen LogP contribution in [0.4, 0.5) is 5.82 Å². The molecule has 1 saturated carbocycles. The molecule has 92 valence electrons. The summed E-state index contributed by atoms with van der Waals surface area (Å²) in [6.07, 6.45) is 2.44. The average Bonchev–Trinajstić information content (AvgIpc) is 3.20. The molecule has 6 heteroatoms. The van der Waals surface area contributed by atoms with Crippen LogP contribution in [-0.2, 0) is 0 Å². The van der Waals surface area contributed by atoms with E-state index in [1.165, 1.54) is 12.8 Å². The summed E-state index contributed by atoms with van der Waals surface area (Å²) in [6.45, 7) is 0.587. The first-order valence-electron chi connectivity index (χ1n) is 5.77. The Bertz CT molecular complexity index is 387. The van der Waals surface area contributed by atoms with Crippen molar-refractivity contribution in [2.75, 3.05) is 18.9 Å². The van der Waals surface area contributed by atoms with E-state index in [-0.39, 0.29) is 11.9 Å². The van der Waals surface area contributed by atoms with Gasteiger partial charge < -0.3 is 16.4 Å². The maximum absolute atomic E-state index is 11.3. The molecular weight excluding hydrogens is 218 g/mol. The summed E-state index contributed by atoms with van der Waals surface area (Å²) >= 11 is 0. The zero-order chi connectivity index (χ0) is 12.3. The molecule has 1 fully saturated rings. The number of hydrogen-bond acceptors (Lipinski definition) is 5. The van der Waals surface area contributed by atoms with Crippen molar-refractivity contribution in [3.05, 3.63) is 17.8 Å². The lowest BCUT2D eigenvalue weighted by Crippen LogP contribution is -2.31. The number of nitrogens with zero attached hydrogens (tertiary/aromatic N) is 2. The molecule has 0 aliphatic heterocycles. The molecule has 1 aliphatic rings. The Balaban J connectivity index is 1.99. The minimum absolute atomic E-state index is 0.235. The number of anilines is 1. The van der Waals surface area contributed by atoms with E-state index in [4.69, 9.17) is 5.73 Å². The number of amides is 1. The second kappa shape index (κ2) is 5.09. The molecule has 0 bridgehead atoms. The lowest BCUT2D eigenvalue weighted by atomic mass is 10.2. The fourth-order valence-corrected chi connectivity index (χ4v) is 1.72. The van der Waals surface area contributed by atoms with E-state index in [0.29, 0.717) is 24.0 Å². The fourth-order valence-electron chi connectivity index (χ4n) is 1.72. The van der Waals surface area contributed by atoms with Crippen LogP contribution >= 0.6 is 0 Å². The number of hydrogen-bond donors (Lipinski definition) is 3. The van der Waals surface area contributed by atoms with E-state index in [1.807, 2.05) is 0 Å². The predicted octanol–water partition coefficient (Wildman–Crippen LogP) is -0.0146. The van der Waals surface area contributed by atoms with Gasteiger partial charge in [0.25, 0.3) is 5.91 Å². The molecule has 1 atom stereocenters. The Labute approximate surface area is 100.0 Å². The van der Waals surface area contributed by atoms with Crippen molar-refractivity contribution in [3.63, 3.8) is 0 Å². The van der Waals surface area contributed by atoms with Crippen molar-refractivity contribution in [3.8, 4) is 0 Å². The third kappa shape index (κ3) is 2.91. The molecule has 1 heterocycles. The Morgan fingerprint density at radius 1 is 1.53 bits per heavy atom. The molecule has 1 aromatic rings. The van der Waals surface area contributed by atoms with Crippen molar-refractivity contribution in [1.82, 2.24) is 15.5 Å². The van der Waals surface area contributed by atoms with Crippen molar-refractivity contribution in [1.29, 1.82) is 0 Å². The second-order valence-electron chi connectivity index (χ2n) is 4.21. The molecular formula is C11H17N5O. The topological polar surface area (TPSA) is 92.9 Å². The summed E-state index contributed by atoms with van der Waals surface area (Å²) in [6, 6.07) is 3.66. The van der Waals surface area contributed by atoms with E-state index < -0.39 is 0 Å². The minimum atomic E-state index is -0.235. The van der Waals surface area contributed by atoms with Gasteiger partial charge in [0.1, 0.15) is 5.82 Å². The predicted molar refractivity (Wildman–Crippen MR) is 64.6 cm³/mol. The highest BCUT2D eigenvalue weighted by molar-refractivity contribution is 5.91. The normalized spacial score (nSPS) is 16.4. The van der Waals surface area contributed by atoms with E-state index >= 15 is 0 Å². The number of nitrogens with two attached hydrogens (primary N) is 1. The van der Waals surface area contributed by atoms with Crippen LogP contribution in [0.2, 0.25) is 0 Å². The summed E-state index contributed by atoms with van der Waals surface area (Å²) in [4.78, 5) is 11.3. The average molecular weight is 235 g/mol. The van der Waals surface area contributed by atoms with Gasteiger partial charge in [-0.1, -0.05) is 0 Å². The Kier molecular flexibility index (Phi) is 3.53. The highest BCUT2D eigenvalue weighted by atomic mass is 16.1. The summed E-state index contributed by atoms with van der Waals surface area (Å²) < 4.78 is 0. The highest BCUT2D eigenvalue weighted by Crippen LogP contribution is 2.33. The Morgan fingerprint density at radius 3 is 2.76 bits per heavy atom. The summed E-state index contributed by atoms with van der Waals surface area (Å²) in [7, 11) is 1.56. The van der Waals surface area contributed by atoms with Gasteiger partial charge in [-0.3, -0.25) is 4.79 Å². The van der Waals surface area contributed by atoms with Gasteiger partial charge in [-0.15, -0.1) is 10.2 Å². The van der Waals surface area contributed by atoms with Crippen molar-refractivity contribution in [2.24, 2.45) is 11.7 Å². The molecule has 6 nitrogen and oxygen atoms in total. The van der Waals surface area contributed by atoms with Crippen LogP contribution in [0.25, 0.3) is 0 Å². The van der Waals surface area contributed by atoms with Gasteiger partial charge in [0.15, 0.2) is 5.69 Å². The zero-order valence-corrected chi connectivity index (χ0v) is 9.81. The molecule has 0 saturated heterocycles. The summed E-state index contributed by atoms with van der Waals surface area (Å²) in [5.41, 5.74) is 6.00. The first-order chi connectivity index (χ1) is 8.24. The molecule has 1 unspecified atom stereocenters. The molecule has 17 heavy (non-hydrogen) atoms. The molecule has 0 spiro atoms. The van der Waals surface area contributed by atoms with Gasteiger partial charge in [-0.25, -0.2) is 0 Å². The maximum Gasteiger partial charge on any atom is 0.271 e. The fraction of sp³-hybridized carbons (Fsp3) is 0.545. The number of carbonyl (C=O) groups excluding carboxylic acids is 1. The zero-order valence-electron chi connectivity index (χ0n) is 9.81. The van der Waals surface area contributed by atoms with Crippen LogP contribution < -0.4 is 16.4 Å². The molecule has 0 radical (unpaired) electrons. The van der Waals surface area contributed by atoms with Crippen molar-refractivity contribution < 1.29 is 4.79 Å². The van der Waals surface area contributed by atoms with Gasteiger partial charge >= 0.3 is 0 Å². The van der Waals surface area contributed by atoms with Gasteiger partial charge in [-0.05, 0) is 30.9 Å². The first-order valence-corrected chi connectivity index (χ1v) is 5.77. The molecule has 1 amide bonds. The number of nitrogens with one attached hydrogen (secondary N) is 2. The lowest BCUT2D eigenvalue weighted by molar-refractivity contribution is 0.0957. The smallest absolute Gasteiger partial charge is 0.271 e. The minimum Gasteiger partial charge on any atom is -0.364 e. The molecule has 0 aromatic carbocycles. The van der Waals surface area contributed by atoms with E-state index in [2.05, 4.69) is 20.8 Å². The third-order valence-corrected chi connectivity index (χ3v) is 2.90. The standard InChI is InChI=1S/C11H17N5O/c1-13-11(17)8-4-5-10(16-15-8)14-9(6-12)7-2-3-7/h4-5,7,9H,2-3,6,12H2,1H3,(H,13,17)(H,14,16). The number of rotatable bonds is 5. The van der Waals surface area contributed by atoms with Crippen LogP contribution in [0.15, 0.2) is 12.1 Å². The molecule has 1 aromatic heterocycles. The third-order valence-electron chi connectivity index (χ3n) is 2.90. The maximum atomic E-state index is 11.3. The highest BCUT2D eigenvalue weighted by Gasteiger charge is 2.30. The van der Waals surface area contributed by atoms with Crippen LogP contribution in [0.5, 0.6) is 0 Å². The van der Waals surface area contributed by atoms with Crippen LogP contribution in [0.1, 0.15) is 23.3 Å². The van der Waals surface area contributed by atoms with E-state index in [9.17, 15) is 4.79 Å². The summed E-state index contributed by atoms with van der Waals surface area (Å²) in [5.74, 6) is 1.09. The second-order valence-corrected chi connectivity index (χ2v) is 4.21. The van der Waals surface area contributed by atoms with Gasteiger partial charge in [0, 0.05) is 19.6 Å². The molecule has 4 N–H and O–H groups in total. The van der Waals surface area contributed by atoms with Crippen LogP contribution in [-0.4, -0.2) is 35.7 Å². The quantitative estimate of drug-likeness (QED) is 0.667. The van der Waals surface area contributed by atoms with Crippen LogP contribution in [0, 0.1) is 5.92 Å².